The van der Waals surface area contributed by atoms with Crippen LogP contribution in [0.4, 0.5) is 13.2 Å². The predicted molar refractivity (Wildman–Crippen MR) is 49.2 cm³/mol. The summed E-state index contributed by atoms with van der Waals surface area (Å²) in [5.74, 6) is 0. The van der Waals surface area contributed by atoms with E-state index in [1.54, 1.807) is 0 Å². The fourth-order valence-corrected chi connectivity index (χ4v) is 0.732. The molecule has 0 saturated heterocycles. The standard InChI is InChI=1S/C9H18F3NO/c1-4-8(2,3)14-6-5-13-7-9(10,11)12/h13H,4-7H2,1-3H3. The van der Waals surface area contributed by atoms with Crippen molar-refractivity contribution < 1.29 is 17.9 Å². The van der Waals surface area contributed by atoms with Gasteiger partial charge in [0.25, 0.3) is 0 Å². The van der Waals surface area contributed by atoms with Crippen LogP contribution in [0, 0.1) is 0 Å². The maximum atomic E-state index is 11.7. The third kappa shape index (κ3) is 8.31. The van der Waals surface area contributed by atoms with Crippen LogP contribution in [-0.2, 0) is 4.74 Å². The van der Waals surface area contributed by atoms with Gasteiger partial charge < -0.3 is 10.1 Å². The molecule has 86 valence electrons. The Morgan fingerprint density at radius 1 is 1.21 bits per heavy atom. The molecule has 14 heavy (non-hydrogen) atoms. The van der Waals surface area contributed by atoms with Gasteiger partial charge in [-0.15, -0.1) is 0 Å². The van der Waals surface area contributed by atoms with Crippen LogP contribution < -0.4 is 5.32 Å². The summed E-state index contributed by atoms with van der Waals surface area (Å²) < 4.78 is 40.4. The first-order chi connectivity index (χ1) is 6.27. The number of nitrogens with one attached hydrogen (secondary N) is 1. The highest BCUT2D eigenvalue weighted by Crippen LogP contribution is 2.13. The van der Waals surface area contributed by atoms with Crippen molar-refractivity contribution in [3.05, 3.63) is 0 Å². The molecule has 1 N–H and O–H groups in total. The van der Waals surface area contributed by atoms with E-state index in [1.165, 1.54) is 0 Å². The minimum atomic E-state index is -4.14. The fourth-order valence-electron chi connectivity index (χ4n) is 0.732. The lowest BCUT2D eigenvalue weighted by molar-refractivity contribution is -0.125. The van der Waals surface area contributed by atoms with Crippen molar-refractivity contribution in [2.45, 2.75) is 39.0 Å². The largest absolute Gasteiger partial charge is 0.401 e. The Morgan fingerprint density at radius 2 is 1.79 bits per heavy atom. The molecule has 0 rings (SSSR count). The van der Waals surface area contributed by atoms with E-state index in [1.807, 2.05) is 20.8 Å². The van der Waals surface area contributed by atoms with E-state index in [9.17, 15) is 13.2 Å². The topological polar surface area (TPSA) is 21.3 Å². The number of rotatable bonds is 6. The minimum absolute atomic E-state index is 0.225. The zero-order valence-corrected chi connectivity index (χ0v) is 8.87. The average molecular weight is 213 g/mol. The Kier molecular flexibility index (Phi) is 5.44. The third-order valence-electron chi connectivity index (χ3n) is 1.95. The van der Waals surface area contributed by atoms with Crippen LogP contribution in [0.1, 0.15) is 27.2 Å². The van der Waals surface area contributed by atoms with Gasteiger partial charge in [-0.05, 0) is 20.3 Å². The quantitative estimate of drug-likeness (QED) is 0.684. The summed E-state index contributed by atoms with van der Waals surface area (Å²) in [5.41, 5.74) is -0.250. The Morgan fingerprint density at radius 3 is 2.21 bits per heavy atom. The molecule has 0 atom stereocenters. The van der Waals surface area contributed by atoms with Gasteiger partial charge in [0.2, 0.25) is 0 Å². The van der Waals surface area contributed by atoms with Crippen molar-refractivity contribution >= 4 is 0 Å². The number of halogens is 3. The molecule has 0 aliphatic carbocycles. The highest BCUT2D eigenvalue weighted by molar-refractivity contribution is 4.65. The van der Waals surface area contributed by atoms with Gasteiger partial charge in [-0.25, -0.2) is 0 Å². The first kappa shape index (κ1) is 13.7. The lowest BCUT2D eigenvalue weighted by Gasteiger charge is -2.23. The molecular formula is C9H18F3NO. The molecule has 0 spiro atoms. The van der Waals surface area contributed by atoms with Gasteiger partial charge >= 0.3 is 6.18 Å². The molecule has 0 saturated carbocycles. The van der Waals surface area contributed by atoms with Crippen LogP contribution >= 0.6 is 0 Å². The van der Waals surface area contributed by atoms with Crippen LogP contribution in [0.2, 0.25) is 0 Å². The second-order valence-corrected chi connectivity index (χ2v) is 3.75. The van der Waals surface area contributed by atoms with Gasteiger partial charge in [0.15, 0.2) is 0 Å². The smallest absolute Gasteiger partial charge is 0.374 e. The van der Waals surface area contributed by atoms with Gasteiger partial charge in [-0.1, -0.05) is 6.92 Å². The van der Waals surface area contributed by atoms with Crippen molar-refractivity contribution in [3.63, 3.8) is 0 Å². The van der Waals surface area contributed by atoms with Gasteiger partial charge in [0.05, 0.1) is 18.8 Å². The number of hydrogen-bond acceptors (Lipinski definition) is 2. The molecule has 0 aromatic heterocycles. The SMILES string of the molecule is CCC(C)(C)OCCNCC(F)(F)F. The average Bonchev–Trinajstić information content (AvgIpc) is 2.01. The number of ether oxygens (including phenoxy) is 1. The first-order valence-electron chi connectivity index (χ1n) is 4.68. The van der Waals surface area contributed by atoms with E-state index in [-0.39, 0.29) is 12.1 Å². The van der Waals surface area contributed by atoms with Gasteiger partial charge in [-0.2, -0.15) is 13.2 Å². The summed E-state index contributed by atoms with van der Waals surface area (Å²) in [6, 6.07) is 0. The van der Waals surface area contributed by atoms with Crippen LogP contribution in [0.25, 0.3) is 0 Å². The maximum Gasteiger partial charge on any atom is 0.401 e. The molecule has 0 aliphatic rings. The fraction of sp³-hybridized carbons (Fsp3) is 1.00. The van der Waals surface area contributed by atoms with Crippen molar-refractivity contribution in [2.24, 2.45) is 0 Å². The Labute approximate surface area is 82.8 Å². The van der Waals surface area contributed by atoms with E-state index in [0.29, 0.717) is 6.61 Å². The lowest BCUT2D eigenvalue weighted by Crippen LogP contribution is -2.33. The van der Waals surface area contributed by atoms with Gasteiger partial charge in [0.1, 0.15) is 0 Å². The van der Waals surface area contributed by atoms with Crippen molar-refractivity contribution in [3.8, 4) is 0 Å². The monoisotopic (exact) mass is 213 g/mol. The molecule has 0 bridgehead atoms. The molecule has 0 heterocycles. The molecule has 5 heteroatoms. The highest BCUT2D eigenvalue weighted by atomic mass is 19.4. The first-order valence-corrected chi connectivity index (χ1v) is 4.68. The minimum Gasteiger partial charge on any atom is -0.374 e. The second kappa shape index (κ2) is 5.56. The van der Waals surface area contributed by atoms with E-state index in [2.05, 4.69) is 5.32 Å². The van der Waals surface area contributed by atoms with Crippen LogP contribution in [0.15, 0.2) is 0 Å². The number of alkyl halides is 3. The van der Waals surface area contributed by atoms with Crippen molar-refractivity contribution in [1.82, 2.24) is 5.32 Å². The molecule has 0 fully saturated rings. The highest BCUT2D eigenvalue weighted by Gasteiger charge is 2.26. The molecule has 0 aromatic carbocycles. The molecule has 0 aromatic rings. The number of hydrogen-bond donors (Lipinski definition) is 1. The Hall–Kier alpha value is -0.290. The third-order valence-corrected chi connectivity index (χ3v) is 1.95. The summed E-state index contributed by atoms with van der Waals surface area (Å²) in [6.07, 6.45) is -3.30. The maximum absolute atomic E-state index is 11.7. The molecule has 0 unspecified atom stereocenters. The molecular weight excluding hydrogens is 195 g/mol. The lowest BCUT2D eigenvalue weighted by atomic mass is 10.1. The van der Waals surface area contributed by atoms with Crippen LogP contribution in [0.3, 0.4) is 0 Å². The Balaban J connectivity index is 3.39. The molecule has 0 radical (unpaired) electrons. The van der Waals surface area contributed by atoms with Gasteiger partial charge in [-0.3, -0.25) is 0 Å². The van der Waals surface area contributed by atoms with Crippen LogP contribution in [0.5, 0.6) is 0 Å². The summed E-state index contributed by atoms with van der Waals surface area (Å²) in [4.78, 5) is 0. The Bertz CT molecular complexity index is 157. The van der Waals surface area contributed by atoms with Gasteiger partial charge in [0, 0.05) is 6.54 Å². The van der Waals surface area contributed by atoms with E-state index < -0.39 is 12.7 Å². The second-order valence-electron chi connectivity index (χ2n) is 3.75. The van der Waals surface area contributed by atoms with Crippen molar-refractivity contribution in [1.29, 1.82) is 0 Å². The summed E-state index contributed by atoms with van der Waals surface area (Å²) in [7, 11) is 0. The van der Waals surface area contributed by atoms with E-state index in [0.717, 1.165) is 6.42 Å². The van der Waals surface area contributed by atoms with E-state index >= 15 is 0 Å². The summed E-state index contributed by atoms with van der Waals surface area (Å²) in [6.45, 7) is 5.37. The summed E-state index contributed by atoms with van der Waals surface area (Å²) >= 11 is 0. The normalized spacial score (nSPS) is 13.3. The predicted octanol–water partition coefficient (Wildman–Crippen LogP) is 2.34. The zero-order valence-electron chi connectivity index (χ0n) is 8.87. The molecule has 0 aliphatic heterocycles. The van der Waals surface area contributed by atoms with Crippen molar-refractivity contribution in [2.75, 3.05) is 19.7 Å². The molecule has 0 amide bonds. The van der Waals surface area contributed by atoms with E-state index in [4.69, 9.17) is 4.74 Å². The zero-order chi connectivity index (χ0) is 11.2. The van der Waals surface area contributed by atoms with Crippen LogP contribution in [-0.4, -0.2) is 31.5 Å². The summed E-state index contributed by atoms with van der Waals surface area (Å²) in [5, 5.41) is 2.27. The molecule has 2 nitrogen and oxygen atoms in total.